The smallest absolute Gasteiger partial charge is 0.358 e. The van der Waals surface area contributed by atoms with Crippen molar-refractivity contribution in [1.29, 1.82) is 0 Å². The van der Waals surface area contributed by atoms with Gasteiger partial charge in [0, 0.05) is 0 Å². The molecule has 0 radical (unpaired) electrons. The van der Waals surface area contributed by atoms with Crippen LogP contribution in [0, 0.1) is 0 Å². The summed E-state index contributed by atoms with van der Waals surface area (Å²) in [5.74, 6) is -0.0452. The fourth-order valence-corrected chi connectivity index (χ4v) is 1.85. The van der Waals surface area contributed by atoms with E-state index in [1.54, 1.807) is 6.07 Å². The van der Waals surface area contributed by atoms with Crippen LogP contribution in [0.4, 0.5) is 0 Å². The lowest BCUT2D eigenvalue weighted by molar-refractivity contribution is 0.0592. The van der Waals surface area contributed by atoms with Gasteiger partial charge in [0.25, 0.3) is 0 Å². The Bertz CT molecular complexity index is 391. The molecule has 2 rings (SSSR count). The molecular weight excluding hydrogens is 216 g/mol. The largest absolute Gasteiger partial charge is 0.464 e. The van der Waals surface area contributed by atoms with Gasteiger partial charge in [-0.1, -0.05) is 18.0 Å². The monoisotopic (exact) mass is 226 g/mol. The number of methoxy groups -OCH3 is 1. The van der Waals surface area contributed by atoms with Gasteiger partial charge in [-0.2, -0.15) is 0 Å². The Kier molecular flexibility index (Phi) is 2.86. The van der Waals surface area contributed by atoms with Crippen LogP contribution in [0.25, 0.3) is 0 Å². The molecule has 1 aromatic rings. The van der Waals surface area contributed by atoms with Gasteiger partial charge in [-0.15, -0.1) is 10.2 Å². The van der Waals surface area contributed by atoms with Crippen LogP contribution in [0.3, 0.4) is 0 Å². The summed E-state index contributed by atoms with van der Waals surface area (Å²) in [6.45, 7) is 0. The summed E-state index contributed by atoms with van der Waals surface area (Å²) in [6.07, 6.45) is 3.41. The number of halogens is 1. The molecule has 80 valence electrons. The van der Waals surface area contributed by atoms with Crippen LogP contribution < -0.4 is 0 Å². The summed E-state index contributed by atoms with van der Waals surface area (Å²) in [5, 5.41) is 7.86. The van der Waals surface area contributed by atoms with Gasteiger partial charge in [0.05, 0.1) is 7.11 Å². The van der Waals surface area contributed by atoms with E-state index >= 15 is 0 Å². The van der Waals surface area contributed by atoms with Crippen molar-refractivity contribution in [2.75, 3.05) is 7.11 Å². The summed E-state index contributed by atoms with van der Waals surface area (Å²) >= 11 is 5.93. The number of esters is 1. The third-order valence-corrected chi connectivity index (χ3v) is 3.01. The molecule has 0 saturated heterocycles. The fourth-order valence-electron chi connectivity index (χ4n) is 1.60. The Morgan fingerprint density at radius 1 is 1.53 bits per heavy atom. The first-order valence-electron chi connectivity index (χ1n) is 4.84. The molecule has 1 aromatic heterocycles. The lowest BCUT2D eigenvalue weighted by Crippen LogP contribution is -2.13. The molecule has 5 heteroatoms. The van der Waals surface area contributed by atoms with Crippen molar-refractivity contribution >= 4 is 17.6 Å². The number of hydrogen-bond donors (Lipinski definition) is 0. The summed E-state index contributed by atoms with van der Waals surface area (Å²) in [7, 11) is 1.32. The molecule has 1 heterocycles. The Balaban J connectivity index is 2.31. The highest BCUT2D eigenvalue weighted by atomic mass is 35.5. The first kappa shape index (κ1) is 10.4. The minimum absolute atomic E-state index is 0.226. The number of ether oxygens (including phenoxy) is 1. The van der Waals surface area contributed by atoms with E-state index in [1.165, 1.54) is 13.5 Å². The van der Waals surface area contributed by atoms with Gasteiger partial charge in [-0.3, -0.25) is 0 Å². The Labute approximate surface area is 92.6 Å². The van der Waals surface area contributed by atoms with E-state index in [1.807, 2.05) is 0 Å². The van der Waals surface area contributed by atoms with Crippen molar-refractivity contribution in [3.05, 3.63) is 22.5 Å². The van der Waals surface area contributed by atoms with E-state index in [9.17, 15) is 4.79 Å². The Hall–Kier alpha value is -1.16. The molecule has 0 amide bonds. The molecule has 4 nitrogen and oxygen atoms in total. The topological polar surface area (TPSA) is 52.1 Å². The van der Waals surface area contributed by atoms with Crippen molar-refractivity contribution < 1.29 is 9.53 Å². The molecule has 15 heavy (non-hydrogen) atoms. The molecule has 0 bridgehead atoms. The van der Waals surface area contributed by atoms with Crippen LogP contribution in [-0.2, 0) is 4.74 Å². The van der Waals surface area contributed by atoms with Crippen molar-refractivity contribution in [3.63, 3.8) is 0 Å². The summed E-state index contributed by atoms with van der Waals surface area (Å²) in [4.78, 5) is 11.2. The minimum atomic E-state index is -0.472. The SMILES string of the molecule is COC(=O)c1cc(C2CCC2)c(Cl)nn1. The number of nitrogens with zero attached hydrogens (tertiary/aromatic N) is 2. The molecule has 1 fully saturated rings. The van der Waals surface area contributed by atoms with E-state index in [2.05, 4.69) is 14.9 Å². The zero-order valence-corrected chi connectivity index (χ0v) is 9.12. The van der Waals surface area contributed by atoms with Crippen LogP contribution >= 0.6 is 11.6 Å². The molecule has 0 N–H and O–H groups in total. The number of rotatable bonds is 2. The third kappa shape index (κ3) is 1.95. The maximum atomic E-state index is 11.2. The van der Waals surface area contributed by atoms with Crippen molar-refractivity contribution in [2.45, 2.75) is 25.2 Å². The predicted molar refractivity (Wildman–Crippen MR) is 55.0 cm³/mol. The highest BCUT2D eigenvalue weighted by Gasteiger charge is 2.24. The van der Waals surface area contributed by atoms with Gasteiger partial charge in [0.2, 0.25) is 0 Å². The van der Waals surface area contributed by atoms with Crippen molar-refractivity contribution in [2.24, 2.45) is 0 Å². The Morgan fingerprint density at radius 2 is 2.27 bits per heavy atom. The summed E-state index contributed by atoms with van der Waals surface area (Å²) in [5.41, 5.74) is 1.14. The average molecular weight is 227 g/mol. The van der Waals surface area contributed by atoms with Gasteiger partial charge in [-0.05, 0) is 30.4 Å². The molecular formula is C10H11ClN2O2. The fraction of sp³-hybridized carbons (Fsp3) is 0.500. The second-order valence-electron chi connectivity index (χ2n) is 3.60. The van der Waals surface area contributed by atoms with E-state index < -0.39 is 5.97 Å². The Morgan fingerprint density at radius 3 is 2.80 bits per heavy atom. The highest BCUT2D eigenvalue weighted by molar-refractivity contribution is 6.30. The maximum Gasteiger partial charge on any atom is 0.358 e. The van der Waals surface area contributed by atoms with E-state index in [4.69, 9.17) is 11.6 Å². The standard InChI is InChI=1S/C10H11ClN2O2/c1-15-10(14)8-5-7(6-3-2-4-6)9(11)13-12-8/h5-6H,2-4H2,1H3. The molecule has 0 spiro atoms. The van der Waals surface area contributed by atoms with Gasteiger partial charge in [0.15, 0.2) is 10.8 Å². The van der Waals surface area contributed by atoms with Crippen molar-refractivity contribution in [3.8, 4) is 0 Å². The van der Waals surface area contributed by atoms with Crippen LogP contribution in [0.5, 0.6) is 0 Å². The van der Waals surface area contributed by atoms with Crippen LogP contribution in [0.15, 0.2) is 6.07 Å². The van der Waals surface area contributed by atoms with E-state index in [-0.39, 0.29) is 5.69 Å². The van der Waals surface area contributed by atoms with E-state index in [0.29, 0.717) is 11.1 Å². The first-order valence-corrected chi connectivity index (χ1v) is 5.21. The molecule has 0 aromatic carbocycles. The second kappa shape index (κ2) is 4.14. The van der Waals surface area contributed by atoms with Gasteiger partial charge in [-0.25, -0.2) is 4.79 Å². The summed E-state index contributed by atoms with van der Waals surface area (Å²) < 4.78 is 4.58. The lowest BCUT2D eigenvalue weighted by Gasteiger charge is -2.25. The number of aromatic nitrogens is 2. The molecule has 0 atom stereocenters. The van der Waals surface area contributed by atoms with Gasteiger partial charge in [0.1, 0.15) is 0 Å². The zero-order chi connectivity index (χ0) is 10.8. The molecule has 1 saturated carbocycles. The molecule has 0 aliphatic heterocycles. The average Bonchev–Trinajstić information content (AvgIpc) is 2.17. The highest BCUT2D eigenvalue weighted by Crippen LogP contribution is 2.38. The van der Waals surface area contributed by atoms with Crippen LogP contribution in [0.2, 0.25) is 5.15 Å². The number of carbonyl (C=O) groups is 1. The number of carbonyl (C=O) groups excluding carboxylic acids is 1. The van der Waals surface area contributed by atoms with Gasteiger partial charge < -0.3 is 4.74 Å². The minimum Gasteiger partial charge on any atom is -0.464 e. The van der Waals surface area contributed by atoms with Crippen LogP contribution in [-0.4, -0.2) is 23.3 Å². The third-order valence-electron chi connectivity index (χ3n) is 2.72. The normalized spacial score (nSPS) is 15.9. The quantitative estimate of drug-likeness (QED) is 0.726. The van der Waals surface area contributed by atoms with E-state index in [0.717, 1.165) is 18.4 Å². The summed E-state index contributed by atoms with van der Waals surface area (Å²) in [6, 6.07) is 1.69. The maximum absolute atomic E-state index is 11.2. The second-order valence-corrected chi connectivity index (χ2v) is 3.95. The molecule has 1 aliphatic rings. The first-order chi connectivity index (χ1) is 7.22. The number of hydrogen-bond acceptors (Lipinski definition) is 4. The predicted octanol–water partition coefficient (Wildman–Crippen LogP) is 2.18. The van der Waals surface area contributed by atoms with Crippen molar-refractivity contribution in [1.82, 2.24) is 10.2 Å². The molecule has 1 aliphatic carbocycles. The van der Waals surface area contributed by atoms with Crippen LogP contribution in [0.1, 0.15) is 41.2 Å². The zero-order valence-electron chi connectivity index (χ0n) is 8.36. The van der Waals surface area contributed by atoms with Gasteiger partial charge >= 0.3 is 5.97 Å². The molecule has 0 unspecified atom stereocenters. The lowest BCUT2D eigenvalue weighted by atomic mass is 9.80.